The molecule has 1 heterocycles. The number of carbonyl (C=O) groups excluding carboxylic acids is 2. The first-order valence-electron chi connectivity index (χ1n) is 8.92. The predicted molar refractivity (Wildman–Crippen MR) is 98.5 cm³/mol. The summed E-state index contributed by atoms with van der Waals surface area (Å²) in [6, 6.07) is 17.9. The van der Waals surface area contributed by atoms with Gasteiger partial charge in [0.15, 0.2) is 0 Å². The zero-order valence-corrected chi connectivity index (χ0v) is 14.4. The van der Waals surface area contributed by atoms with Crippen molar-refractivity contribution in [2.24, 2.45) is 0 Å². The van der Waals surface area contributed by atoms with E-state index >= 15 is 0 Å². The second-order valence-electron chi connectivity index (χ2n) is 6.41. The highest BCUT2D eigenvalue weighted by atomic mass is 16.2. The highest BCUT2D eigenvalue weighted by Gasteiger charge is 2.19. The highest BCUT2D eigenvalue weighted by molar-refractivity contribution is 5.95. The minimum absolute atomic E-state index is 0.0423. The number of nitrogens with zero attached hydrogens (tertiary/aromatic N) is 1. The Bertz CT molecular complexity index is 728. The molecule has 2 aromatic carbocycles. The number of likely N-dealkylation sites (tertiary alicyclic amines) is 1. The van der Waals surface area contributed by atoms with Crippen LogP contribution in [0.5, 0.6) is 0 Å². The summed E-state index contributed by atoms with van der Waals surface area (Å²) in [6.45, 7) is 2.17. The third-order valence-corrected chi connectivity index (χ3v) is 4.56. The van der Waals surface area contributed by atoms with Crippen LogP contribution in [0.1, 0.15) is 40.7 Å². The van der Waals surface area contributed by atoms with Crippen LogP contribution >= 0.6 is 0 Å². The van der Waals surface area contributed by atoms with E-state index in [2.05, 4.69) is 17.4 Å². The molecule has 0 unspecified atom stereocenters. The Hall–Kier alpha value is -2.62. The number of rotatable bonds is 7. The van der Waals surface area contributed by atoms with E-state index in [1.165, 1.54) is 5.56 Å². The van der Waals surface area contributed by atoms with Crippen LogP contribution in [0.15, 0.2) is 54.6 Å². The lowest BCUT2D eigenvalue weighted by molar-refractivity contribution is -0.127. The summed E-state index contributed by atoms with van der Waals surface area (Å²) in [5, 5.41) is 2.99. The minimum atomic E-state index is -0.0423. The Kier molecular flexibility index (Phi) is 5.83. The maximum atomic E-state index is 12.5. The van der Waals surface area contributed by atoms with Crippen LogP contribution in [0.2, 0.25) is 0 Å². The molecule has 4 nitrogen and oxygen atoms in total. The van der Waals surface area contributed by atoms with Crippen LogP contribution in [-0.4, -0.2) is 36.3 Å². The number of nitrogens with one attached hydrogen (secondary N) is 1. The molecular formula is C21H24N2O2. The summed E-state index contributed by atoms with van der Waals surface area (Å²) in [7, 11) is 0. The molecule has 0 bridgehead atoms. The van der Waals surface area contributed by atoms with Crippen molar-refractivity contribution in [3.8, 4) is 0 Å². The average Bonchev–Trinajstić information content (AvgIpc) is 3.05. The quantitative estimate of drug-likeness (QED) is 0.790. The van der Waals surface area contributed by atoms with Crippen molar-refractivity contribution >= 4 is 11.8 Å². The molecule has 0 atom stereocenters. The molecule has 3 rings (SSSR count). The van der Waals surface area contributed by atoms with Crippen LogP contribution in [-0.2, 0) is 11.2 Å². The van der Waals surface area contributed by atoms with E-state index in [-0.39, 0.29) is 11.8 Å². The first kappa shape index (κ1) is 17.2. The molecule has 1 aliphatic rings. The van der Waals surface area contributed by atoms with Gasteiger partial charge in [-0.25, -0.2) is 0 Å². The van der Waals surface area contributed by atoms with Crippen molar-refractivity contribution in [3.05, 3.63) is 71.3 Å². The van der Waals surface area contributed by atoms with Gasteiger partial charge >= 0.3 is 0 Å². The van der Waals surface area contributed by atoms with Gasteiger partial charge in [-0.2, -0.15) is 0 Å². The Morgan fingerprint density at radius 3 is 2.56 bits per heavy atom. The van der Waals surface area contributed by atoms with Gasteiger partial charge in [0.05, 0.1) is 0 Å². The van der Waals surface area contributed by atoms with E-state index in [9.17, 15) is 9.59 Å². The zero-order chi connectivity index (χ0) is 17.5. The van der Waals surface area contributed by atoms with Gasteiger partial charge in [-0.3, -0.25) is 9.59 Å². The van der Waals surface area contributed by atoms with Gasteiger partial charge in [-0.05, 0) is 36.5 Å². The first-order valence-corrected chi connectivity index (χ1v) is 8.92. The third kappa shape index (κ3) is 4.69. The summed E-state index contributed by atoms with van der Waals surface area (Å²) < 4.78 is 0. The van der Waals surface area contributed by atoms with Crippen molar-refractivity contribution in [2.75, 3.05) is 19.6 Å². The number of benzene rings is 2. The molecule has 1 aliphatic heterocycles. The van der Waals surface area contributed by atoms with E-state index in [0.717, 1.165) is 43.5 Å². The van der Waals surface area contributed by atoms with Crippen molar-refractivity contribution in [3.63, 3.8) is 0 Å². The van der Waals surface area contributed by atoms with E-state index in [1.807, 2.05) is 47.4 Å². The predicted octanol–water partition coefficient (Wildman–Crippen LogP) is 3.02. The topological polar surface area (TPSA) is 49.4 Å². The molecule has 1 N–H and O–H groups in total. The Morgan fingerprint density at radius 2 is 1.80 bits per heavy atom. The second kappa shape index (κ2) is 8.47. The van der Waals surface area contributed by atoms with Gasteiger partial charge in [0.1, 0.15) is 0 Å². The van der Waals surface area contributed by atoms with E-state index in [1.54, 1.807) is 0 Å². The third-order valence-electron chi connectivity index (χ3n) is 4.56. The standard InChI is InChI=1S/C21H24N2O2/c24-20-12-6-14-23(20)15-7-13-22-21(25)19-11-5-4-10-18(19)16-17-8-2-1-3-9-17/h1-5,8-11H,6-7,12-16H2,(H,22,25). The molecule has 25 heavy (non-hydrogen) atoms. The molecule has 1 saturated heterocycles. The second-order valence-corrected chi connectivity index (χ2v) is 6.41. The summed E-state index contributed by atoms with van der Waals surface area (Å²) in [6.07, 6.45) is 3.16. The maximum absolute atomic E-state index is 12.5. The molecule has 1 fully saturated rings. The summed E-state index contributed by atoms with van der Waals surface area (Å²) in [5.74, 6) is 0.193. The van der Waals surface area contributed by atoms with Crippen molar-refractivity contribution in [1.29, 1.82) is 0 Å². The molecule has 0 aromatic heterocycles. The smallest absolute Gasteiger partial charge is 0.251 e. The van der Waals surface area contributed by atoms with Gasteiger partial charge in [-0.1, -0.05) is 48.5 Å². The lowest BCUT2D eigenvalue weighted by atomic mass is 9.99. The SMILES string of the molecule is O=C(NCCCN1CCCC1=O)c1ccccc1Cc1ccccc1. The van der Waals surface area contributed by atoms with Gasteiger partial charge in [0, 0.05) is 31.6 Å². The van der Waals surface area contributed by atoms with E-state index in [4.69, 9.17) is 0 Å². The molecule has 2 amide bonds. The molecular weight excluding hydrogens is 312 g/mol. The fourth-order valence-electron chi connectivity index (χ4n) is 3.22. The average molecular weight is 336 g/mol. The van der Waals surface area contributed by atoms with Crippen LogP contribution in [0, 0.1) is 0 Å². The fraction of sp³-hybridized carbons (Fsp3) is 0.333. The Labute approximate surface area is 148 Å². The van der Waals surface area contributed by atoms with Crippen molar-refractivity contribution in [2.45, 2.75) is 25.7 Å². The van der Waals surface area contributed by atoms with Crippen LogP contribution in [0.25, 0.3) is 0 Å². The zero-order valence-electron chi connectivity index (χ0n) is 14.4. The number of carbonyl (C=O) groups is 2. The molecule has 4 heteroatoms. The van der Waals surface area contributed by atoms with Crippen LogP contribution < -0.4 is 5.32 Å². The van der Waals surface area contributed by atoms with Crippen LogP contribution in [0.4, 0.5) is 0 Å². The van der Waals surface area contributed by atoms with Gasteiger partial charge in [-0.15, -0.1) is 0 Å². The van der Waals surface area contributed by atoms with Gasteiger partial charge in [0.2, 0.25) is 5.91 Å². The van der Waals surface area contributed by atoms with E-state index in [0.29, 0.717) is 13.0 Å². The normalized spacial score (nSPS) is 13.9. The lowest BCUT2D eigenvalue weighted by Gasteiger charge is -2.15. The molecule has 2 aromatic rings. The maximum Gasteiger partial charge on any atom is 0.251 e. The monoisotopic (exact) mass is 336 g/mol. The summed E-state index contributed by atoms with van der Waals surface area (Å²) in [4.78, 5) is 26.0. The Balaban J connectivity index is 1.54. The summed E-state index contributed by atoms with van der Waals surface area (Å²) >= 11 is 0. The Morgan fingerprint density at radius 1 is 1.04 bits per heavy atom. The van der Waals surface area contributed by atoms with E-state index < -0.39 is 0 Å². The molecule has 0 saturated carbocycles. The molecule has 0 aliphatic carbocycles. The first-order chi connectivity index (χ1) is 12.2. The minimum Gasteiger partial charge on any atom is -0.352 e. The molecule has 130 valence electrons. The van der Waals surface area contributed by atoms with Crippen LogP contribution in [0.3, 0.4) is 0 Å². The van der Waals surface area contributed by atoms with Gasteiger partial charge < -0.3 is 10.2 Å². The number of hydrogen-bond donors (Lipinski definition) is 1. The van der Waals surface area contributed by atoms with Crippen molar-refractivity contribution in [1.82, 2.24) is 10.2 Å². The largest absolute Gasteiger partial charge is 0.352 e. The highest BCUT2D eigenvalue weighted by Crippen LogP contribution is 2.14. The molecule has 0 radical (unpaired) electrons. The number of amides is 2. The summed E-state index contributed by atoms with van der Waals surface area (Å²) in [5.41, 5.74) is 2.94. The van der Waals surface area contributed by atoms with Gasteiger partial charge in [0.25, 0.3) is 5.91 Å². The lowest BCUT2D eigenvalue weighted by Crippen LogP contribution is -2.31. The number of hydrogen-bond acceptors (Lipinski definition) is 2. The fourth-order valence-corrected chi connectivity index (χ4v) is 3.22. The van der Waals surface area contributed by atoms with Crippen molar-refractivity contribution < 1.29 is 9.59 Å². The molecule has 0 spiro atoms.